The Bertz CT molecular complexity index is 1280. The third kappa shape index (κ3) is 2.90. The van der Waals surface area contributed by atoms with Gasteiger partial charge in [0.2, 0.25) is 0 Å². The van der Waals surface area contributed by atoms with E-state index in [1.165, 1.54) is 15.4 Å². The molecule has 0 aliphatic rings. The Morgan fingerprint density at radius 1 is 1.10 bits per heavy atom. The van der Waals surface area contributed by atoms with Gasteiger partial charge in [-0.2, -0.15) is 10.2 Å². The second-order valence-electron chi connectivity index (χ2n) is 6.34. The zero-order valence-electron chi connectivity index (χ0n) is 15.9. The summed E-state index contributed by atoms with van der Waals surface area (Å²) in [5.41, 5.74) is 6.93. The van der Waals surface area contributed by atoms with Crippen molar-refractivity contribution in [3.8, 4) is 23.0 Å². The number of hydrogen-bond donors (Lipinski definition) is 2. The van der Waals surface area contributed by atoms with E-state index in [2.05, 4.69) is 25.3 Å². The predicted octanol–water partition coefficient (Wildman–Crippen LogP) is 0.444. The molecule has 4 aromatic rings. The van der Waals surface area contributed by atoms with Crippen LogP contribution in [0.4, 0.5) is 0 Å². The number of nitrogens with zero attached hydrogens (tertiary/aromatic N) is 8. The minimum absolute atomic E-state index is 0.0763. The van der Waals surface area contributed by atoms with E-state index in [9.17, 15) is 14.7 Å². The van der Waals surface area contributed by atoms with Crippen molar-refractivity contribution in [2.24, 2.45) is 19.8 Å². The van der Waals surface area contributed by atoms with Crippen LogP contribution in [0.1, 0.15) is 27.9 Å². The van der Waals surface area contributed by atoms with Gasteiger partial charge in [-0.1, -0.05) is 0 Å². The highest BCUT2D eigenvalue weighted by atomic mass is 16.4. The summed E-state index contributed by atoms with van der Waals surface area (Å²) in [6.07, 6.45) is 1.62. The molecule has 0 aliphatic carbocycles. The van der Waals surface area contributed by atoms with Gasteiger partial charge in [0.15, 0.2) is 17.3 Å². The molecule has 0 unspecified atom stereocenters. The van der Waals surface area contributed by atoms with Gasteiger partial charge in [0, 0.05) is 32.1 Å². The second-order valence-corrected chi connectivity index (χ2v) is 6.34. The number of aromatic carboxylic acids is 1. The summed E-state index contributed by atoms with van der Waals surface area (Å²) in [6, 6.07) is 2.98. The summed E-state index contributed by atoms with van der Waals surface area (Å²) in [4.78, 5) is 31.9. The van der Waals surface area contributed by atoms with Gasteiger partial charge >= 0.3 is 5.97 Å². The van der Waals surface area contributed by atoms with Crippen molar-refractivity contribution in [3.05, 3.63) is 29.7 Å². The third-order valence-corrected chi connectivity index (χ3v) is 4.50. The van der Waals surface area contributed by atoms with Gasteiger partial charge in [0.05, 0.1) is 11.7 Å². The Labute approximate surface area is 163 Å². The van der Waals surface area contributed by atoms with E-state index in [-0.39, 0.29) is 17.2 Å². The number of fused-ring (bicyclic) bond motifs is 1. The zero-order valence-corrected chi connectivity index (χ0v) is 15.9. The molecule has 0 atom stereocenters. The average molecular weight is 395 g/mol. The lowest BCUT2D eigenvalue weighted by Crippen LogP contribution is -2.14. The van der Waals surface area contributed by atoms with Gasteiger partial charge in [0.1, 0.15) is 17.1 Å². The molecule has 12 heteroatoms. The van der Waals surface area contributed by atoms with Crippen LogP contribution < -0.4 is 5.73 Å². The second kappa shape index (κ2) is 6.51. The molecule has 0 saturated carbocycles. The number of nitrogens with two attached hydrogens (primary N) is 1. The smallest absolute Gasteiger partial charge is 0.356 e. The average Bonchev–Trinajstić information content (AvgIpc) is 3.37. The zero-order chi connectivity index (χ0) is 20.9. The fraction of sp³-hybridized carbons (Fsp3) is 0.235. The number of rotatable bonds is 5. The molecule has 0 aromatic carbocycles. The normalized spacial score (nSPS) is 11.3. The molecule has 4 aromatic heterocycles. The summed E-state index contributed by atoms with van der Waals surface area (Å²) in [5.74, 6) is -1.15. The molecule has 148 valence electrons. The molecule has 4 heterocycles. The number of carbonyl (C=O) groups is 2. The molecule has 0 fully saturated rings. The van der Waals surface area contributed by atoms with E-state index in [0.717, 1.165) is 0 Å². The van der Waals surface area contributed by atoms with E-state index in [1.807, 2.05) is 6.92 Å². The lowest BCUT2D eigenvalue weighted by Gasteiger charge is -2.04. The molecule has 3 N–H and O–H groups in total. The van der Waals surface area contributed by atoms with E-state index in [1.54, 1.807) is 31.0 Å². The molecule has 0 spiro atoms. The highest BCUT2D eigenvalue weighted by Gasteiger charge is 2.22. The summed E-state index contributed by atoms with van der Waals surface area (Å²) in [5, 5.41) is 22.6. The van der Waals surface area contributed by atoms with E-state index < -0.39 is 11.9 Å². The quantitative estimate of drug-likeness (QED) is 0.492. The van der Waals surface area contributed by atoms with Crippen LogP contribution >= 0.6 is 0 Å². The predicted molar refractivity (Wildman–Crippen MR) is 101 cm³/mol. The number of pyridine rings is 1. The summed E-state index contributed by atoms with van der Waals surface area (Å²) in [6.45, 7) is 2.28. The first-order valence-corrected chi connectivity index (χ1v) is 8.65. The molecule has 0 radical (unpaired) electrons. The van der Waals surface area contributed by atoms with Crippen LogP contribution in [0, 0.1) is 0 Å². The number of hydrogen-bond acceptors (Lipinski definition) is 7. The highest BCUT2D eigenvalue weighted by molar-refractivity contribution is 5.99. The maximum Gasteiger partial charge on any atom is 0.356 e. The number of carboxylic acids is 1. The van der Waals surface area contributed by atoms with E-state index in [4.69, 9.17) is 5.73 Å². The van der Waals surface area contributed by atoms with Gasteiger partial charge in [-0.25, -0.2) is 19.4 Å². The number of carbonyl (C=O) groups excluding carboxylic acids is 1. The van der Waals surface area contributed by atoms with Gasteiger partial charge in [-0.15, -0.1) is 5.10 Å². The van der Waals surface area contributed by atoms with E-state index >= 15 is 0 Å². The van der Waals surface area contributed by atoms with Crippen molar-refractivity contribution >= 4 is 22.8 Å². The Hall–Kier alpha value is -4.09. The molecule has 0 bridgehead atoms. The van der Waals surface area contributed by atoms with Crippen LogP contribution in [-0.2, 0) is 20.6 Å². The molecule has 0 saturated heterocycles. The van der Waals surface area contributed by atoms with Gasteiger partial charge < -0.3 is 10.8 Å². The summed E-state index contributed by atoms with van der Waals surface area (Å²) >= 11 is 0. The van der Waals surface area contributed by atoms with Crippen LogP contribution in [-0.4, -0.2) is 56.3 Å². The number of aromatic nitrogens is 8. The van der Waals surface area contributed by atoms with E-state index in [0.29, 0.717) is 34.7 Å². The van der Waals surface area contributed by atoms with Gasteiger partial charge in [-0.3, -0.25) is 14.2 Å². The molecular weight excluding hydrogens is 378 g/mol. The lowest BCUT2D eigenvalue weighted by molar-refractivity contribution is 0.0689. The number of aryl methyl sites for hydroxylation is 3. The largest absolute Gasteiger partial charge is 0.476 e. The molecule has 1 amide bonds. The van der Waals surface area contributed by atoms with Crippen LogP contribution in [0.3, 0.4) is 0 Å². The Balaban J connectivity index is 1.92. The fourth-order valence-electron chi connectivity index (χ4n) is 3.08. The Kier molecular flexibility index (Phi) is 4.10. The summed E-state index contributed by atoms with van der Waals surface area (Å²) < 4.78 is 4.62. The van der Waals surface area contributed by atoms with Crippen molar-refractivity contribution in [3.63, 3.8) is 0 Å². The first-order chi connectivity index (χ1) is 13.8. The van der Waals surface area contributed by atoms with Crippen LogP contribution in [0.5, 0.6) is 0 Å². The van der Waals surface area contributed by atoms with Gasteiger partial charge in [-0.05, 0) is 13.0 Å². The van der Waals surface area contributed by atoms with Crippen LogP contribution in [0.25, 0.3) is 33.9 Å². The topological polar surface area (TPSA) is 160 Å². The van der Waals surface area contributed by atoms with Crippen LogP contribution in [0.15, 0.2) is 18.3 Å². The van der Waals surface area contributed by atoms with Crippen molar-refractivity contribution < 1.29 is 14.7 Å². The number of amides is 1. The van der Waals surface area contributed by atoms with Gasteiger partial charge in [0.25, 0.3) is 5.91 Å². The van der Waals surface area contributed by atoms with Crippen molar-refractivity contribution in [2.45, 2.75) is 13.5 Å². The first-order valence-electron chi connectivity index (χ1n) is 8.65. The minimum Gasteiger partial charge on any atom is -0.476 e. The molecule has 12 nitrogen and oxygen atoms in total. The van der Waals surface area contributed by atoms with Crippen molar-refractivity contribution in [2.75, 3.05) is 0 Å². The highest BCUT2D eigenvalue weighted by Crippen LogP contribution is 2.28. The maximum absolute atomic E-state index is 11.7. The fourth-order valence-corrected chi connectivity index (χ4v) is 3.08. The molecule has 4 rings (SSSR count). The first kappa shape index (κ1) is 18.3. The monoisotopic (exact) mass is 395 g/mol. The number of primary amides is 1. The SMILES string of the molecule is CCn1nc(C(=O)O)cc1-c1nc(-c2nc(C(N)=O)cc3c2cnn3C)n(C)n1. The maximum atomic E-state index is 11.7. The Morgan fingerprint density at radius 2 is 1.86 bits per heavy atom. The Morgan fingerprint density at radius 3 is 2.52 bits per heavy atom. The molecule has 29 heavy (non-hydrogen) atoms. The molecular formula is C17H17N9O3. The third-order valence-electron chi connectivity index (χ3n) is 4.50. The van der Waals surface area contributed by atoms with Crippen LogP contribution in [0.2, 0.25) is 0 Å². The summed E-state index contributed by atoms with van der Waals surface area (Å²) in [7, 11) is 3.42. The van der Waals surface area contributed by atoms with Crippen molar-refractivity contribution in [1.29, 1.82) is 0 Å². The van der Waals surface area contributed by atoms with Crippen molar-refractivity contribution in [1.82, 2.24) is 39.3 Å². The standard InChI is InChI=1S/C17H17N9O3/c1-4-26-12(6-10(22-26)17(28)29)15-21-16(25(3)23-15)13-8-7-19-24(2)11(8)5-9(20-13)14(18)27/h5-7H,4H2,1-3H3,(H2,18,27)(H,28,29). The molecule has 0 aliphatic heterocycles. The lowest BCUT2D eigenvalue weighted by atomic mass is 10.2. The number of carboxylic acid groups (broad SMARTS) is 1. The minimum atomic E-state index is -1.14.